The van der Waals surface area contributed by atoms with Gasteiger partial charge in [-0.15, -0.1) is 11.6 Å². The Balaban J connectivity index is 2.62. The van der Waals surface area contributed by atoms with Crippen molar-refractivity contribution in [3.63, 3.8) is 0 Å². The molecule has 1 unspecified atom stereocenters. The van der Waals surface area contributed by atoms with Gasteiger partial charge in [0.25, 0.3) is 5.56 Å². The minimum absolute atomic E-state index is 0.00315. The van der Waals surface area contributed by atoms with Crippen LogP contribution in [-0.2, 0) is 6.42 Å². The van der Waals surface area contributed by atoms with Crippen molar-refractivity contribution in [2.75, 3.05) is 0 Å². The topological polar surface area (TPSA) is 34.4 Å². The molecule has 0 aromatic carbocycles. The summed E-state index contributed by atoms with van der Waals surface area (Å²) in [7, 11) is 0. The van der Waals surface area contributed by atoms with Crippen molar-refractivity contribution in [3.05, 3.63) is 45.5 Å². The molecule has 0 aliphatic carbocycles. The van der Waals surface area contributed by atoms with E-state index in [9.17, 15) is 4.79 Å². The Hall–Kier alpha value is -1.35. The molecule has 0 aliphatic heterocycles. The van der Waals surface area contributed by atoms with Crippen LogP contribution in [0.1, 0.15) is 30.2 Å². The molecule has 0 fully saturated rings. The molecule has 2 aromatic heterocycles. The van der Waals surface area contributed by atoms with E-state index in [-0.39, 0.29) is 10.9 Å². The lowest BCUT2D eigenvalue weighted by atomic mass is 10.1. The summed E-state index contributed by atoms with van der Waals surface area (Å²) in [6.45, 7) is 5.88. The number of halogens is 1. The number of fused-ring (bicyclic) bond motifs is 1. The Kier molecular flexibility index (Phi) is 3.71. The second-order valence-corrected chi connectivity index (χ2v) is 5.24. The molecule has 0 bridgehead atoms. The third-order valence-corrected chi connectivity index (χ3v) is 3.62. The van der Waals surface area contributed by atoms with Crippen LogP contribution in [0, 0.1) is 13.8 Å². The zero-order valence-electron chi connectivity index (χ0n) is 10.9. The maximum atomic E-state index is 12.4. The molecule has 0 spiro atoms. The first-order chi connectivity index (χ1) is 8.52. The van der Waals surface area contributed by atoms with Gasteiger partial charge in [-0.2, -0.15) is 0 Å². The standard InChI is InChI=1S/C14H17ClN2O/c1-4-11(15)8-12-10(3)16-13-7-9(2)5-6-17(13)14(12)18/h5-7,11H,4,8H2,1-3H3. The lowest BCUT2D eigenvalue weighted by molar-refractivity contribution is 0.780. The van der Waals surface area contributed by atoms with Crippen molar-refractivity contribution in [3.8, 4) is 0 Å². The molecule has 96 valence electrons. The first-order valence-corrected chi connectivity index (χ1v) is 6.59. The van der Waals surface area contributed by atoms with E-state index in [1.54, 1.807) is 10.6 Å². The van der Waals surface area contributed by atoms with Crippen LogP contribution in [0.15, 0.2) is 23.1 Å². The van der Waals surface area contributed by atoms with Gasteiger partial charge >= 0.3 is 0 Å². The Bertz CT molecular complexity index is 633. The lowest BCUT2D eigenvalue weighted by Gasteiger charge is -2.10. The predicted molar refractivity (Wildman–Crippen MR) is 74.6 cm³/mol. The molecule has 0 saturated carbocycles. The molecule has 3 nitrogen and oxygen atoms in total. The van der Waals surface area contributed by atoms with Crippen LogP contribution in [0.5, 0.6) is 0 Å². The molecule has 18 heavy (non-hydrogen) atoms. The molecule has 4 heteroatoms. The van der Waals surface area contributed by atoms with E-state index >= 15 is 0 Å². The highest BCUT2D eigenvalue weighted by atomic mass is 35.5. The molecule has 0 radical (unpaired) electrons. The Morgan fingerprint density at radius 3 is 2.83 bits per heavy atom. The van der Waals surface area contributed by atoms with Gasteiger partial charge in [-0.3, -0.25) is 9.20 Å². The minimum atomic E-state index is -0.0123. The normalized spacial score (nSPS) is 12.9. The number of hydrogen-bond acceptors (Lipinski definition) is 2. The van der Waals surface area contributed by atoms with E-state index in [0.717, 1.165) is 23.2 Å². The first-order valence-electron chi connectivity index (χ1n) is 6.15. The fraction of sp³-hybridized carbons (Fsp3) is 0.429. The summed E-state index contributed by atoms with van der Waals surface area (Å²) >= 11 is 6.14. The van der Waals surface area contributed by atoms with Crippen LogP contribution in [0.4, 0.5) is 0 Å². The summed E-state index contributed by atoms with van der Waals surface area (Å²) in [5, 5.41) is -0.0123. The van der Waals surface area contributed by atoms with Crippen molar-refractivity contribution in [2.24, 2.45) is 0 Å². The largest absolute Gasteiger partial charge is 0.269 e. The molecule has 1 atom stereocenters. The van der Waals surface area contributed by atoms with Gasteiger partial charge in [0.2, 0.25) is 0 Å². The van der Waals surface area contributed by atoms with Crippen LogP contribution < -0.4 is 5.56 Å². The molecule has 0 saturated heterocycles. The van der Waals surface area contributed by atoms with Gasteiger partial charge in [-0.1, -0.05) is 6.92 Å². The molecule has 2 rings (SSSR count). The number of pyridine rings is 1. The second kappa shape index (κ2) is 5.11. The number of hydrogen-bond donors (Lipinski definition) is 0. The second-order valence-electron chi connectivity index (χ2n) is 4.62. The smallest absolute Gasteiger partial charge is 0.261 e. The summed E-state index contributed by atoms with van der Waals surface area (Å²) in [5.41, 5.74) is 3.29. The van der Waals surface area contributed by atoms with Crippen molar-refractivity contribution < 1.29 is 0 Å². The van der Waals surface area contributed by atoms with Gasteiger partial charge < -0.3 is 0 Å². The zero-order chi connectivity index (χ0) is 13.3. The molecule has 2 heterocycles. The molecular weight excluding hydrogens is 248 g/mol. The van der Waals surface area contributed by atoms with Gasteiger partial charge in [0.05, 0.1) is 0 Å². The van der Waals surface area contributed by atoms with Gasteiger partial charge in [0.15, 0.2) is 0 Å². The van der Waals surface area contributed by atoms with E-state index in [4.69, 9.17) is 11.6 Å². The number of nitrogens with zero attached hydrogens (tertiary/aromatic N) is 2. The SMILES string of the molecule is CCC(Cl)Cc1c(C)nc2cc(C)ccn2c1=O. The Morgan fingerprint density at radius 2 is 2.17 bits per heavy atom. The molecular formula is C14H17ClN2O. The van der Waals surface area contributed by atoms with Crippen LogP contribution in [-0.4, -0.2) is 14.8 Å². The predicted octanol–water partition coefficient (Wildman–Crippen LogP) is 2.87. The summed E-state index contributed by atoms with van der Waals surface area (Å²) in [5.74, 6) is 0. The van der Waals surface area contributed by atoms with E-state index in [1.807, 2.05) is 32.9 Å². The summed E-state index contributed by atoms with van der Waals surface area (Å²) in [4.78, 5) is 16.9. The van der Waals surface area contributed by atoms with E-state index in [0.29, 0.717) is 12.1 Å². The van der Waals surface area contributed by atoms with Gasteiger partial charge in [-0.25, -0.2) is 4.98 Å². The highest BCUT2D eigenvalue weighted by molar-refractivity contribution is 6.20. The fourth-order valence-corrected chi connectivity index (χ4v) is 2.14. The molecule has 0 amide bonds. The summed E-state index contributed by atoms with van der Waals surface area (Å²) in [6, 6.07) is 3.82. The summed E-state index contributed by atoms with van der Waals surface area (Å²) < 4.78 is 1.59. The highest BCUT2D eigenvalue weighted by Gasteiger charge is 2.13. The quantitative estimate of drug-likeness (QED) is 0.799. The number of aromatic nitrogens is 2. The third kappa shape index (κ3) is 2.41. The van der Waals surface area contributed by atoms with Crippen LogP contribution in [0.2, 0.25) is 0 Å². The van der Waals surface area contributed by atoms with E-state index in [2.05, 4.69) is 4.98 Å². The van der Waals surface area contributed by atoms with Crippen molar-refractivity contribution in [1.29, 1.82) is 0 Å². The van der Waals surface area contributed by atoms with E-state index < -0.39 is 0 Å². The van der Waals surface area contributed by atoms with Gasteiger partial charge in [-0.05, 0) is 44.4 Å². The highest BCUT2D eigenvalue weighted by Crippen LogP contribution is 2.12. The van der Waals surface area contributed by atoms with Crippen molar-refractivity contribution in [1.82, 2.24) is 9.38 Å². The average Bonchev–Trinajstić information content (AvgIpc) is 2.33. The van der Waals surface area contributed by atoms with Gasteiger partial charge in [0, 0.05) is 22.8 Å². The average molecular weight is 265 g/mol. The maximum Gasteiger partial charge on any atom is 0.261 e. The first kappa shape index (κ1) is 13.1. The Morgan fingerprint density at radius 1 is 1.44 bits per heavy atom. The van der Waals surface area contributed by atoms with Crippen molar-refractivity contribution >= 4 is 17.2 Å². The summed E-state index contributed by atoms with van der Waals surface area (Å²) in [6.07, 6.45) is 3.20. The molecule has 0 aliphatic rings. The number of rotatable bonds is 3. The Labute approximate surface area is 111 Å². The molecule has 0 N–H and O–H groups in total. The maximum absolute atomic E-state index is 12.4. The van der Waals surface area contributed by atoms with Gasteiger partial charge in [0.1, 0.15) is 5.65 Å². The van der Waals surface area contributed by atoms with Crippen molar-refractivity contribution in [2.45, 2.75) is 39.0 Å². The van der Waals surface area contributed by atoms with Crippen LogP contribution >= 0.6 is 11.6 Å². The van der Waals surface area contributed by atoms with Crippen LogP contribution in [0.25, 0.3) is 5.65 Å². The zero-order valence-corrected chi connectivity index (χ0v) is 11.7. The monoisotopic (exact) mass is 264 g/mol. The molecule has 2 aromatic rings. The minimum Gasteiger partial charge on any atom is -0.269 e. The fourth-order valence-electron chi connectivity index (χ4n) is 1.99. The number of aryl methyl sites for hydroxylation is 2. The van der Waals surface area contributed by atoms with Crippen LogP contribution in [0.3, 0.4) is 0 Å². The lowest BCUT2D eigenvalue weighted by Crippen LogP contribution is -2.23. The third-order valence-electron chi connectivity index (χ3n) is 3.15. The van der Waals surface area contributed by atoms with E-state index in [1.165, 1.54) is 0 Å². The number of alkyl halides is 1.